The highest BCUT2D eigenvalue weighted by Gasteiger charge is 2.18. The Labute approximate surface area is 110 Å². The first kappa shape index (κ1) is 13.0. The number of hydrogen-bond acceptors (Lipinski definition) is 3. The second kappa shape index (κ2) is 5.04. The molecule has 0 amide bonds. The Hall–Kier alpha value is -1.46. The number of pyridine rings is 1. The van der Waals surface area contributed by atoms with Crippen LogP contribution in [0.5, 0.6) is 0 Å². The molecule has 0 spiro atoms. The zero-order valence-corrected chi connectivity index (χ0v) is 10.9. The zero-order valence-electron chi connectivity index (χ0n) is 10.2. The standard InChI is InChI=1S/C12H14ClFN4/c1-7-8(12(13)18(2)17-7)6-10(15)11-9(14)4-3-5-16-11/h3-5,10H,6,15H2,1-2H3. The molecule has 0 bridgehead atoms. The lowest BCUT2D eigenvalue weighted by molar-refractivity contribution is 0.563. The van der Waals surface area contributed by atoms with Crippen LogP contribution in [0.15, 0.2) is 18.3 Å². The number of nitrogens with zero attached hydrogens (tertiary/aromatic N) is 3. The smallest absolute Gasteiger partial charge is 0.146 e. The van der Waals surface area contributed by atoms with Gasteiger partial charge in [-0.2, -0.15) is 5.10 Å². The van der Waals surface area contributed by atoms with Crippen LogP contribution in [0.4, 0.5) is 4.39 Å². The van der Waals surface area contributed by atoms with Crippen LogP contribution in [0.2, 0.25) is 5.15 Å². The van der Waals surface area contributed by atoms with Crippen molar-refractivity contribution >= 4 is 11.6 Å². The fraction of sp³-hybridized carbons (Fsp3) is 0.333. The average molecular weight is 269 g/mol. The predicted molar refractivity (Wildman–Crippen MR) is 67.8 cm³/mol. The van der Waals surface area contributed by atoms with Crippen LogP contribution in [0.25, 0.3) is 0 Å². The Balaban J connectivity index is 2.27. The molecule has 4 nitrogen and oxygen atoms in total. The highest BCUT2D eigenvalue weighted by Crippen LogP contribution is 2.24. The van der Waals surface area contributed by atoms with Gasteiger partial charge in [0.05, 0.1) is 17.4 Å². The van der Waals surface area contributed by atoms with Crippen molar-refractivity contribution in [3.05, 3.63) is 46.3 Å². The third-order valence-corrected chi connectivity index (χ3v) is 3.30. The van der Waals surface area contributed by atoms with E-state index < -0.39 is 11.9 Å². The Kier molecular flexibility index (Phi) is 3.63. The van der Waals surface area contributed by atoms with Crippen molar-refractivity contribution in [3.63, 3.8) is 0 Å². The van der Waals surface area contributed by atoms with Gasteiger partial charge in [-0.1, -0.05) is 11.6 Å². The van der Waals surface area contributed by atoms with Gasteiger partial charge >= 0.3 is 0 Å². The molecule has 0 aliphatic rings. The maximum atomic E-state index is 13.6. The van der Waals surface area contributed by atoms with Gasteiger partial charge < -0.3 is 5.73 Å². The fourth-order valence-electron chi connectivity index (χ4n) is 1.89. The molecule has 2 aromatic heterocycles. The zero-order chi connectivity index (χ0) is 13.3. The molecule has 2 heterocycles. The lowest BCUT2D eigenvalue weighted by Crippen LogP contribution is -2.17. The normalized spacial score (nSPS) is 12.7. The van der Waals surface area contributed by atoms with Crippen molar-refractivity contribution in [2.75, 3.05) is 0 Å². The summed E-state index contributed by atoms with van der Waals surface area (Å²) in [7, 11) is 1.76. The van der Waals surface area contributed by atoms with Crippen LogP contribution in [-0.4, -0.2) is 14.8 Å². The van der Waals surface area contributed by atoms with E-state index in [1.807, 2.05) is 6.92 Å². The van der Waals surface area contributed by atoms with Crippen LogP contribution in [0.1, 0.15) is 23.0 Å². The third kappa shape index (κ3) is 2.37. The molecule has 0 radical (unpaired) electrons. The number of halogens is 2. The molecular weight excluding hydrogens is 255 g/mol. The third-order valence-electron chi connectivity index (χ3n) is 2.83. The molecular formula is C12H14ClFN4. The molecule has 0 aliphatic carbocycles. The van der Waals surface area contributed by atoms with E-state index in [9.17, 15) is 4.39 Å². The van der Waals surface area contributed by atoms with E-state index in [-0.39, 0.29) is 5.69 Å². The lowest BCUT2D eigenvalue weighted by Gasteiger charge is -2.11. The number of aromatic nitrogens is 3. The molecule has 2 aromatic rings. The van der Waals surface area contributed by atoms with Gasteiger partial charge in [0.25, 0.3) is 0 Å². The van der Waals surface area contributed by atoms with Gasteiger partial charge in [0, 0.05) is 18.8 Å². The first-order chi connectivity index (χ1) is 8.50. The molecule has 2 N–H and O–H groups in total. The molecule has 0 saturated carbocycles. The van der Waals surface area contributed by atoms with Gasteiger partial charge in [0.15, 0.2) is 0 Å². The summed E-state index contributed by atoms with van der Waals surface area (Å²) in [5.41, 5.74) is 7.85. The SMILES string of the molecule is Cc1nn(C)c(Cl)c1CC(N)c1ncccc1F. The van der Waals surface area contributed by atoms with Gasteiger partial charge in [-0.05, 0) is 25.5 Å². The summed E-state index contributed by atoms with van der Waals surface area (Å²) in [5.74, 6) is -0.400. The van der Waals surface area contributed by atoms with Crippen LogP contribution in [-0.2, 0) is 13.5 Å². The molecule has 0 fully saturated rings. The first-order valence-corrected chi connectivity index (χ1v) is 5.92. The van der Waals surface area contributed by atoms with Crippen molar-refractivity contribution in [2.45, 2.75) is 19.4 Å². The van der Waals surface area contributed by atoms with E-state index in [2.05, 4.69) is 10.1 Å². The monoisotopic (exact) mass is 268 g/mol. The van der Waals surface area contributed by atoms with Gasteiger partial charge in [-0.3, -0.25) is 9.67 Å². The molecule has 96 valence electrons. The van der Waals surface area contributed by atoms with Crippen molar-refractivity contribution in [3.8, 4) is 0 Å². The summed E-state index contributed by atoms with van der Waals surface area (Å²) in [6, 6.07) is 2.35. The predicted octanol–water partition coefficient (Wildman–Crippen LogP) is 2.16. The van der Waals surface area contributed by atoms with E-state index >= 15 is 0 Å². The molecule has 1 unspecified atom stereocenters. The summed E-state index contributed by atoms with van der Waals surface area (Å²) < 4.78 is 15.1. The minimum absolute atomic E-state index is 0.247. The Morgan fingerprint density at radius 3 is 2.83 bits per heavy atom. The summed E-state index contributed by atoms with van der Waals surface area (Å²) in [4.78, 5) is 3.97. The van der Waals surface area contributed by atoms with Crippen LogP contribution in [0.3, 0.4) is 0 Å². The van der Waals surface area contributed by atoms with Gasteiger partial charge in [0.1, 0.15) is 11.0 Å². The number of aryl methyl sites for hydroxylation is 2. The lowest BCUT2D eigenvalue weighted by atomic mass is 10.0. The second-order valence-corrected chi connectivity index (χ2v) is 4.52. The molecule has 0 aromatic carbocycles. The largest absolute Gasteiger partial charge is 0.322 e. The quantitative estimate of drug-likeness (QED) is 0.928. The maximum absolute atomic E-state index is 13.6. The minimum Gasteiger partial charge on any atom is -0.322 e. The molecule has 0 saturated heterocycles. The van der Waals surface area contributed by atoms with Crippen LogP contribution in [0, 0.1) is 12.7 Å². The minimum atomic E-state index is -0.536. The van der Waals surface area contributed by atoms with E-state index in [0.717, 1.165) is 11.3 Å². The van der Waals surface area contributed by atoms with E-state index in [1.165, 1.54) is 18.3 Å². The number of nitrogens with two attached hydrogens (primary N) is 1. The van der Waals surface area contributed by atoms with Crippen LogP contribution >= 0.6 is 11.6 Å². The van der Waals surface area contributed by atoms with Gasteiger partial charge in [-0.25, -0.2) is 4.39 Å². The van der Waals surface area contributed by atoms with Crippen molar-refractivity contribution in [1.82, 2.24) is 14.8 Å². The van der Waals surface area contributed by atoms with Crippen LogP contribution < -0.4 is 5.73 Å². The average Bonchev–Trinajstić information content (AvgIpc) is 2.56. The molecule has 0 aliphatic heterocycles. The second-order valence-electron chi connectivity index (χ2n) is 4.16. The van der Waals surface area contributed by atoms with Crippen molar-refractivity contribution < 1.29 is 4.39 Å². The van der Waals surface area contributed by atoms with E-state index in [1.54, 1.807) is 11.7 Å². The number of rotatable bonds is 3. The number of hydrogen-bond donors (Lipinski definition) is 1. The van der Waals surface area contributed by atoms with Crippen molar-refractivity contribution in [1.29, 1.82) is 0 Å². The molecule has 6 heteroatoms. The molecule has 1 atom stereocenters. The Morgan fingerprint density at radius 1 is 1.56 bits per heavy atom. The summed E-state index contributed by atoms with van der Waals surface area (Å²) in [6.45, 7) is 1.85. The van der Waals surface area contributed by atoms with E-state index in [0.29, 0.717) is 11.6 Å². The first-order valence-electron chi connectivity index (χ1n) is 5.54. The Morgan fingerprint density at radius 2 is 2.28 bits per heavy atom. The maximum Gasteiger partial charge on any atom is 0.146 e. The van der Waals surface area contributed by atoms with Gasteiger partial charge in [0.2, 0.25) is 0 Å². The molecule has 18 heavy (non-hydrogen) atoms. The summed E-state index contributed by atoms with van der Waals surface area (Å²) >= 11 is 6.12. The van der Waals surface area contributed by atoms with E-state index in [4.69, 9.17) is 17.3 Å². The van der Waals surface area contributed by atoms with Gasteiger partial charge in [-0.15, -0.1) is 0 Å². The Bertz CT molecular complexity index is 567. The highest BCUT2D eigenvalue weighted by atomic mass is 35.5. The molecule has 2 rings (SSSR count). The highest BCUT2D eigenvalue weighted by molar-refractivity contribution is 6.30. The fourth-order valence-corrected chi connectivity index (χ4v) is 2.14. The summed E-state index contributed by atoms with van der Waals surface area (Å²) in [6.07, 6.45) is 1.93. The summed E-state index contributed by atoms with van der Waals surface area (Å²) in [5, 5.41) is 4.72. The topological polar surface area (TPSA) is 56.7 Å². The van der Waals surface area contributed by atoms with Crippen molar-refractivity contribution in [2.24, 2.45) is 12.8 Å².